The van der Waals surface area contributed by atoms with Crippen molar-refractivity contribution in [2.24, 2.45) is 4.99 Å². The van der Waals surface area contributed by atoms with Crippen LogP contribution in [0.15, 0.2) is 22.5 Å². The Morgan fingerprint density at radius 3 is 2.85 bits per heavy atom. The van der Waals surface area contributed by atoms with Crippen LogP contribution in [0.5, 0.6) is 0 Å². The summed E-state index contributed by atoms with van der Waals surface area (Å²) in [5, 5.41) is 9.28. The molecule has 0 amide bonds. The summed E-state index contributed by atoms with van der Waals surface area (Å²) in [5.41, 5.74) is 0. The van der Waals surface area contributed by atoms with Gasteiger partial charge in [-0.3, -0.25) is 9.89 Å². The lowest BCUT2D eigenvalue weighted by molar-refractivity contribution is -0.0327. The fourth-order valence-electron chi connectivity index (χ4n) is 3.93. The average molecular weight is 506 g/mol. The molecule has 2 heterocycles. The van der Waals surface area contributed by atoms with Crippen molar-refractivity contribution in [2.45, 2.75) is 64.1 Å². The highest BCUT2D eigenvalue weighted by Gasteiger charge is 2.26. The Labute approximate surface area is 185 Å². The molecule has 0 spiro atoms. The Bertz CT molecular complexity index is 548. The van der Waals surface area contributed by atoms with Crippen molar-refractivity contribution in [3.8, 4) is 0 Å². The molecule has 0 bridgehead atoms. The number of hydrogen-bond acceptors (Lipinski definition) is 4. The van der Waals surface area contributed by atoms with E-state index in [-0.39, 0.29) is 24.0 Å². The van der Waals surface area contributed by atoms with Gasteiger partial charge in [0.25, 0.3) is 0 Å². The lowest BCUT2D eigenvalue weighted by Crippen LogP contribution is -2.46. The van der Waals surface area contributed by atoms with Gasteiger partial charge in [0.05, 0.1) is 25.3 Å². The van der Waals surface area contributed by atoms with E-state index in [0.29, 0.717) is 18.2 Å². The smallest absolute Gasteiger partial charge is 0.191 e. The zero-order valence-corrected chi connectivity index (χ0v) is 19.8. The van der Waals surface area contributed by atoms with Gasteiger partial charge in [-0.2, -0.15) is 0 Å². The van der Waals surface area contributed by atoms with E-state index >= 15 is 0 Å². The highest BCUT2D eigenvalue weighted by atomic mass is 127. The fourth-order valence-corrected chi connectivity index (χ4v) is 4.78. The number of nitrogens with one attached hydrogen (secondary N) is 2. The maximum absolute atomic E-state index is 5.74. The molecule has 2 atom stereocenters. The second-order valence-corrected chi connectivity index (χ2v) is 8.39. The normalized spacial score (nSPS) is 23.5. The van der Waals surface area contributed by atoms with E-state index in [1.54, 1.807) is 0 Å². The highest BCUT2D eigenvalue weighted by Crippen LogP contribution is 2.27. The summed E-state index contributed by atoms with van der Waals surface area (Å²) in [7, 11) is 0. The van der Waals surface area contributed by atoms with E-state index in [0.717, 1.165) is 38.7 Å². The zero-order chi connectivity index (χ0) is 18.2. The van der Waals surface area contributed by atoms with Crippen LogP contribution in [-0.4, -0.2) is 55.8 Å². The minimum atomic E-state index is 0. The lowest BCUT2D eigenvalue weighted by Gasteiger charge is -2.36. The van der Waals surface area contributed by atoms with Gasteiger partial charge in [0.2, 0.25) is 0 Å². The predicted octanol–water partition coefficient (Wildman–Crippen LogP) is 4.02. The molecular weight excluding hydrogens is 471 g/mol. The average Bonchev–Trinajstić information content (AvgIpc) is 3.17. The Hall–Kier alpha value is -0.380. The monoisotopic (exact) mass is 506 g/mol. The van der Waals surface area contributed by atoms with Gasteiger partial charge < -0.3 is 15.4 Å². The van der Waals surface area contributed by atoms with Crippen LogP contribution in [0.4, 0.5) is 0 Å². The molecule has 1 aromatic heterocycles. The second-order valence-electron chi connectivity index (χ2n) is 7.41. The number of halogens is 1. The van der Waals surface area contributed by atoms with Crippen LogP contribution in [0, 0.1) is 0 Å². The van der Waals surface area contributed by atoms with Crippen molar-refractivity contribution in [3.63, 3.8) is 0 Å². The number of ether oxygens (including phenoxy) is 1. The number of aliphatic imine (C=N–C) groups is 1. The molecule has 0 radical (unpaired) electrons. The molecule has 7 heteroatoms. The third kappa shape index (κ3) is 7.18. The van der Waals surface area contributed by atoms with Crippen molar-refractivity contribution < 1.29 is 4.74 Å². The van der Waals surface area contributed by atoms with E-state index < -0.39 is 0 Å². The summed E-state index contributed by atoms with van der Waals surface area (Å²) in [6.45, 7) is 8.76. The van der Waals surface area contributed by atoms with Gasteiger partial charge in [0, 0.05) is 30.6 Å². The van der Waals surface area contributed by atoms with E-state index in [2.05, 4.69) is 46.9 Å². The van der Waals surface area contributed by atoms with Gasteiger partial charge in [0.1, 0.15) is 0 Å². The first-order valence-electron chi connectivity index (χ1n) is 10.2. The van der Waals surface area contributed by atoms with Crippen LogP contribution in [0.25, 0.3) is 0 Å². The molecule has 0 aromatic carbocycles. The molecule has 2 fully saturated rings. The first-order chi connectivity index (χ1) is 12.8. The third-order valence-electron chi connectivity index (χ3n) is 5.30. The van der Waals surface area contributed by atoms with Crippen LogP contribution >= 0.6 is 35.3 Å². The van der Waals surface area contributed by atoms with Crippen LogP contribution in [0.2, 0.25) is 0 Å². The number of hydrogen-bond donors (Lipinski definition) is 2. The third-order valence-corrected chi connectivity index (χ3v) is 6.27. The van der Waals surface area contributed by atoms with Crippen molar-refractivity contribution in [1.29, 1.82) is 0 Å². The highest BCUT2D eigenvalue weighted by molar-refractivity contribution is 14.0. The summed E-state index contributed by atoms with van der Waals surface area (Å²) in [4.78, 5) is 8.92. The van der Waals surface area contributed by atoms with Gasteiger partial charge in [-0.15, -0.1) is 35.3 Å². The van der Waals surface area contributed by atoms with Gasteiger partial charge in [-0.05, 0) is 38.1 Å². The maximum Gasteiger partial charge on any atom is 0.191 e. The number of rotatable bonds is 6. The molecule has 2 aliphatic rings. The molecule has 1 saturated carbocycles. The second kappa shape index (κ2) is 12.2. The molecule has 2 unspecified atom stereocenters. The molecule has 27 heavy (non-hydrogen) atoms. The molecule has 1 saturated heterocycles. The van der Waals surface area contributed by atoms with E-state index in [4.69, 9.17) is 9.73 Å². The number of guanidine groups is 1. The van der Waals surface area contributed by atoms with Crippen molar-refractivity contribution in [2.75, 3.05) is 32.8 Å². The van der Waals surface area contributed by atoms with Gasteiger partial charge in [-0.25, -0.2) is 0 Å². The van der Waals surface area contributed by atoms with Crippen molar-refractivity contribution in [1.82, 2.24) is 15.5 Å². The lowest BCUT2D eigenvalue weighted by atomic mass is 9.96. The fraction of sp³-hybridized carbons (Fsp3) is 0.750. The molecule has 2 N–H and O–H groups in total. The summed E-state index contributed by atoms with van der Waals surface area (Å²) in [6.07, 6.45) is 6.87. The molecule has 154 valence electrons. The largest absolute Gasteiger partial charge is 0.376 e. The van der Waals surface area contributed by atoms with Crippen LogP contribution in [-0.2, 0) is 4.74 Å². The van der Waals surface area contributed by atoms with Crippen molar-refractivity contribution in [3.05, 3.63) is 22.4 Å². The number of nitrogens with zero attached hydrogens (tertiary/aromatic N) is 2. The van der Waals surface area contributed by atoms with E-state index in [1.165, 1.54) is 37.0 Å². The first-order valence-corrected chi connectivity index (χ1v) is 11.1. The summed E-state index contributed by atoms with van der Waals surface area (Å²) < 4.78 is 5.74. The quantitative estimate of drug-likeness (QED) is 0.348. The van der Waals surface area contributed by atoms with Gasteiger partial charge >= 0.3 is 0 Å². The topological polar surface area (TPSA) is 48.9 Å². The molecule has 3 rings (SSSR count). The Morgan fingerprint density at radius 1 is 1.37 bits per heavy atom. The molecule has 1 aliphatic heterocycles. The predicted molar refractivity (Wildman–Crippen MR) is 125 cm³/mol. The molecule has 1 aromatic rings. The standard InChI is InChI=1S/C20H34N4OS.HI/c1-3-21-20(23-17-8-5-4-6-9-17)22-14-18(19-10-7-13-26-19)24-11-12-25-16(2)15-24;/h7,10,13,16-18H,3-6,8-9,11-12,14-15H2,1-2H3,(H2,21,22,23);1H. The Balaban J connectivity index is 0.00000261. The summed E-state index contributed by atoms with van der Waals surface area (Å²) >= 11 is 1.83. The minimum absolute atomic E-state index is 0. The molecule has 5 nitrogen and oxygen atoms in total. The SMILES string of the molecule is CCNC(=NCC(c1cccs1)N1CCOC(C)C1)NC1CCCCC1.I. The maximum atomic E-state index is 5.74. The number of thiophene rings is 1. The Kier molecular flexibility index (Phi) is 10.4. The van der Waals surface area contributed by atoms with Crippen LogP contribution in [0.1, 0.15) is 56.9 Å². The summed E-state index contributed by atoms with van der Waals surface area (Å²) in [6, 6.07) is 5.30. The summed E-state index contributed by atoms with van der Waals surface area (Å²) in [5.74, 6) is 0.974. The zero-order valence-electron chi connectivity index (χ0n) is 16.7. The molecule has 1 aliphatic carbocycles. The molecular formula is C20H35IN4OS. The minimum Gasteiger partial charge on any atom is -0.376 e. The van der Waals surface area contributed by atoms with Gasteiger partial charge in [-0.1, -0.05) is 25.3 Å². The Morgan fingerprint density at radius 2 is 2.19 bits per heavy atom. The number of morpholine rings is 1. The van der Waals surface area contributed by atoms with Crippen molar-refractivity contribution >= 4 is 41.3 Å². The van der Waals surface area contributed by atoms with Crippen LogP contribution < -0.4 is 10.6 Å². The van der Waals surface area contributed by atoms with Crippen LogP contribution in [0.3, 0.4) is 0 Å². The van der Waals surface area contributed by atoms with Gasteiger partial charge in [0.15, 0.2) is 5.96 Å². The first kappa shape index (κ1) is 22.9. The van der Waals surface area contributed by atoms with E-state index in [9.17, 15) is 0 Å². The van der Waals surface area contributed by atoms with E-state index in [1.807, 2.05) is 11.3 Å².